The molecule has 0 radical (unpaired) electrons. The summed E-state index contributed by atoms with van der Waals surface area (Å²) in [6.45, 7) is 6.30. The number of para-hydroxylation sites is 1. The lowest BCUT2D eigenvalue weighted by Crippen LogP contribution is -2.37. The van der Waals surface area contributed by atoms with Crippen LogP contribution in [0.2, 0.25) is 0 Å². The first-order valence-corrected chi connectivity index (χ1v) is 7.29. The van der Waals surface area contributed by atoms with Crippen LogP contribution in [0.25, 0.3) is 0 Å². The third kappa shape index (κ3) is 6.37. The van der Waals surface area contributed by atoms with E-state index in [-0.39, 0.29) is 11.3 Å². The molecule has 1 aromatic carbocycles. The van der Waals surface area contributed by atoms with E-state index in [2.05, 4.69) is 22.9 Å². The molecule has 0 spiro atoms. The average Bonchev–Trinajstić information content (AvgIpc) is 2.49. The van der Waals surface area contributed by atoms with Gasteiger partial charge < -0.3 is 19.5 Å². The molecule has 0 aromatic heterocycles. The van der Waals surface area contributed by atoms with Gasteiger partial charge in [-0.25, -0.2) is 0 Å². The number of benzene rings is 1. The fraction of sp³-hybridized carbons (Fsp3) is 0.533. The van der Waals surface area contributed by atoms with Crippen LogP contribution >= 0.6 is 12.8 Å². The summed E-state index contributed by atoms with van der Waals surface area (Å²) in [5.74, 6) is -0.128. The summed E-state index contributed by atoms with van der Waals surface area (Å²) in [4.78, 5) is 12.2. The minimum Gasteiger partial charge on any atom is -0.382 e. The molecule has 1 rings (SSSR count). The van der Waals surface area contributed by atoms with Crippen molar-refractivity contribution in [2.45, 2.75) is 13.8 Å². The van der Waals surface area contributed by atoms with Crippen molar-refractivity contribution in [1.82, 2.24) is 5.32 Å². The lowest BCUT2D eigenvalue weighted by Gasteiger charge is -2.25. The fourth-order valence-corrected chi connectivity index (χ4v) is 1.93. The molecule has 1 aromatic rings. The first-order valence-electron chi connectivity index (χ1n) is 6.84. The largest absolute Gasteiger partial charge is 0.382 e. The van der Waals surface area contributed by atoms with E-state index < -0.39 is 0 Å². The maximum atomic E-state index is 12.2. The van der Waals surface area contributed by atoms with Gasteiger partial charge in [0.25, 0.3) is 5.91 Å². The Morgan fingerprint density at radius 3 is 2.67 bits per heavy atom. The Hall–Kier alpha value is -1.24. The third-order valence-corrected chi connectivity index (χ3v) is 3.19. The second kappa shape index (κ2) is 8.92. The molecule has 21 heavy (non-hydrogen) atoms. The zero-order valence-corrected chi connectivity index (χ0v) is 13.7. The van der Waals surface area contributed by atoms with Gasteiger partial charge in [0.1, 0.15) is 0 Å². The van der Waals surface area contributed by atoms with Gasteiger partial charge in [0.15, 0.2) is 0 Å². The van der Waals surface area contributed by atoms with Crippen molar-refractivity contribution >= 4 is 24.4 Å². The number of carbonyl (C=O) groups is 1. The SMILES string of the molecule is COCCOCC(C)(C)CNC(=O)c1ccccc1NS. The molecule has 0 unspecified atom stereocenters. The molecule has 0 fully saturated rings. The highest BCUT2D eigenvalue weighted by Gasteiger charge is 2.20. The van der Waals surface area contributed by atoms with Gasteiger partial charge in [0.05, 0.1) is 31.1 Å². The van der Waals surface area contributed by atoms with Gasteiger partial charge in [-0.05, 0) is 12.1 Å². The Labute approximate surface area is 131 Å². The Morgan fingerprint density at radius 2 is 2.00 bits per heavy atom. The van der Waals surface area contributed by atoms with Crippen molar-refractivity contribution in [3.8, 4) is 0 Å². The van der Waals surface area contributed by atoms with Gasteiger partial charge in [-0.2, -0.15) is 0 Å². The number of anilines is 1. The number of rotatable bonds is 9. The minimum atomic E-state index is -0.146. The zero-order chi connectivity index (χ0) is 15.7. The number of nitrogens with one attached hydrogen (secondary N) is 2. The second-order valence-corrected chi connectivity index (χ2v) is 5.77. The Balaban J connectivity index is 2.47. The van der Waals surface area contributed by atoms with Crippen LogP contribution in [0.3, 0.4) is 0 Å². The minimum absolute atomic E-state index is 0.128. The summed E-state index contributed by atoms with van der Waals surface area (Å²) in [7, 11) is 1.64. The number of hydrogen-bond donors (Lipinski definition) is 3. The van der Waals surface area contributed by atoms with E-state index in [0.717, 1.165) is 0 Å². The molecule has 0 saturated carbocycles. The standard InChI is InChI=1S/C15H24N2O3S/c1-15(2,11-20-9-8-19-3)10-16-14(18)12-6-4-5-7-13(12)17-21/h4-7,17,21H,8-11H2,1-3H3,(H,16,18). The number of methoxy groups -OCH3 is 1. The van der Waals surface area contributed by atoms with E-state index >= 15 is 0 Å². The molecular weight excluding hydrogens is 288 g/mol. The normalized spacial score (nSPS) is 11.2. The van der Waals surface area contributed by atoms with Crippen LogP contribution in [0.5, 0.6) is 0 Å². The highest BCUT2D eigenvalue weighted by molar-refractivity contribution is 7.81. The summed E-state index contributed by atoms with van der Waals surface area (Å²) in [6, 6.07) is 7.24. The summed E-state index contributed by atoms with van der Waals surface area (Å²) >= 11 is 4.00. The number of amides is 1. The van der Waals surface area contributed by atoms with Crippen molar-refractivity contribution in [3.63, 3.8) is 0 Å². The molecule has 0 heterocycles. The second-order valence-electron chi connectivity index (χ2n) is 5.55. The van der Waals surface area contributed by atoms with Crippen molar-refractivity contribution in [2.24, 2.45) is 5.41 Å². The molecule has 0 aliphatic heterocycles. The number of ether oxygens (including phenoxy) is 2. The van der Waals surface area contributed by atoms with E-state index in [9.17, 15) is 4.79 Å². The molecule has 1 amide bonds. The molecule has 2 N–H and O–H groups in total. The molecule has 0 bridgehead atoms. The first kappa shape index (κ1) is 17.8. The molecule has 0 atom stereocenters. The topological polar surface area (TPSA) is 59.6 Å². The molecule has 6 heteroatoms. The Morgan fingerprint density at radius 1 is 1.29 bits per heavy atom. The molecule has 118 valence electrons. The van der Waals surface area contributed by atoms with Crippen LogP contribution in [-0.4, -0.2) is 39.4 Å². The van der Waals surface area contributed by atoms with Crippen LogP contribution in [0.15, 0.2) is 24.3 Å². The van der Waals surface area contributed by atoms with Crippen molar-refractivity contribution in [1.29, 1.82) is 0 Å². The Kier molecular flexibility index (Phi) is 7.56. The van der Waals surface area contributed by atoms with Gasteiger partial charge in [0, 0.05) is 19.1 Å². The zero-order valence-electron chi connectivity index (χ0n) is 12.8. The highest BCUT2D eigenvalue weighted by Crippen LogP contribution is 2.17. The lowest BCUT2D eigenvalue weighted by atomic mass is 9.94. The maximum Gasteiger partial charge on any atom is 0.253 e. The predicted octanol–water partition coefficient (Wildman–Crippen LogP) is 2.36. The maximum absolute atomic E-state index is 12.2. The molecule has 0 aliphatic carbocycles. The number of hydrogen-bond acceptors (Lipinski definition) is 5. The van der Waals surface area contributed by atoms with Crippen LogP contribution in [0.4, 0.5) is 5.69 Å². The van der Waals surface area contributed by atoms with Crippen LogP contribution in [0, 0.1) is 5.41 Å². The van der Waals surface area contributed by atoms with Gasteiger partial charge in [-0.15, -0.1) is 0 Å². The van der Waals surface area contributed by atoms with Crippen molar-refractivity contribution in [3.05, 3.63) is 29.8 Å². The number of carbonyl (C=O) groups excluding carboxylic acids is 1. The predicted molar refractivity (Wildman–Crippen MR) is 87.9 cm³/mol. The van der Waals surface area contributed by atoms with E-state index in [1.807, 2.05) is 26.0 Å². The quantitative estimate of drug-likeness (QED) is 0.484. The van der Waals surface area contributed by atoms with Gasteiger partial charge >= 0.3 is 0 Å². The van der Waals surface area contributed by atoms with Gasteiger partial charge in [-0.3, -0.25) is 4.79 Å². The lowest BCUT2D eigenvalue weighted by molar-refractivity contribution is 0.0278. The van der Waals surface area contributed by atoms with E-state index in [0.29, 0.717) is 37.6 Å². The Bertz CT molecular complexity index is 452. The smallest absolute Gasteiger partial charge is 0.253 e. The summed E-state index contributed by atoms with van der Waals surface area (Å²) in [5, 5.41) is 2.93. The van der Waals surface area contributed by atoms with Gasteiger partial charge in [0.2, 0.25) is 0 Å². The van der Waals surface area contributed by atoms with E-state index in [1.165, 1.54) is 0 Å². The highest BCUT2D eigenvalue weighted by atomic mass is 32.1. The first-order chi connectivity index (χ1) is 10.00. The summed E-state index contributed by atoms with van der Waals surface area (Å²) < 4.78 is 13.2. The van der Waals surface area contributed by atoms with E-state index in [1.54, 1.807) is 19.2 Å². The van der Waals surface area contributed by atoms with Crippen molar-refractivity contribution < 1.29 is 14.3 Å². The van der Waals surface area contributed by atoms with Gasteiger partial charge in [-0.1, -0.05) is 38.8 Å². The fourth-order valence-electron chi connectivity index (χ4n) is 1.74. The average molecular weight is 312 g/mol. The van der Waals surface area contributed by atoms with Crippen LogP contribution < -0.4 is 10.0 Å². The summed E-state index contributed by atoms with van der Waals surface area (Å²) in [6.07, 6.45) is 0. The molecular formula is C15H24N2O3S. The van der Waals surface area contributed by atoms with Crippen LogP contribution in [-0.2, 0) is 9.47 Å². The molecule has 0 aliphatic rings. The number of thiol groups is 1. The monoisotopic (exact) mass is 312 g/mol. The molecule has 0 saturated heterocycles. The molecule has 5 nitrogen and oxygen atoms in total. The van der Waals surface area contributed by atoms with E-state index in [4.69, 9.17) is 9.47 Å². The third-order valence-electron chi connectivity index (χ3n) is 2.94. The van der Waals surface area contributed by atoms with Crippen LogP contribution in [0.1, 0.15) is 24.2 Å². The van der Waals surface area contributed by atoms with Crippen molar-refractivity contribution in [2.75, 3.05) is 38.2 Å². The summed E-state index contributed by atoms with van der Waals surface area (Å²) in [5.41, 5.74) is 1.11.